The highest BCUT2D eigenvalue weighted by Gasteiger charge is 2.23. The summed E-state index contributed by atoms with van der Waals surface area (Å²) in [6.07, 6.45) is 3.37. The van der Waals surface area contributed by atoms with Crippen LogP contribution in [0.2, 0.25) is 0 Å². The molecule has 1 amide bonds. The molecule has 9 nitrogen and oxygen atoms in total. The molecule has 1 atom stereocenters. The number of carbonyl (C=O) groups is 1. The molecule has 0 aliphatic heterocycles. The van der Waals surface area contributed by atoms with Crippen LogP contribution in [0, 0.1) is 25.7 Å². The second-order valence-electron chi connectivity index (χ2n) is 9.23. The Balaban J connectivity index is 1.48. The van der Waals surface area contributed by atoms with Gasteiger partial charge in [-0.1, -0.05) is 47.6 Å². The standard InChI is InChI=1S/C30H23N7O2S/c1-18(32-29(38)26-19(2)35-36-16-8-15-31-28(26)36)24-17-22-10-7-9-21(13-14-25-34-33-20(3)40-25)27(22)30(39)37(24)23-11-5-4-6-12-23/h4-12,15-18H,1-3H3,(H,32,38)/t18-/m1/s1. The number of hydrogen-bond donors (Lipinski definition) is 1. The van der Waals surface area contributed by atoms with Crippen LogP contribution in [0.5, 0.6) is 0 Å². The minimum atomic E-state index is -0.526. The third-order valence-electron chi connectivity index (χ3n) is 6.51. The average molecular weight is 546 g/mol. The van der Waals surface area contributed by atoms with Crippen molar-refractivity contribution in [2.24, 2.45) is 0 Å². The van der Waals surface area contributed by atoms with Gasteiger partial charge in [-0.15, -0.1) is 10.2 Å². The molecule has 0 aliphatic rings. The minimum absolute atomic E-state index is 0.230. The van der Waals surface area contributed by atoms with Crippen molar-refractivity contribution in [3.8, 4) is 17.5 Å². The predicted molar refractivity (Wildman–Crippen MR) is 154 cm³/mol. The van der Waals surface area contributed by atoms with Crippen molar-refractivity contribution >= 4 is 33.7 Å². The van der Waals surface area contributed by atoms with Crippen LogP contribution in [0.1, 0.15) is 50.3 Å². The largest absolute Gasteiger partial charge is 0.344 e. The molecule has 0 radical (unpaired) electrons. The minimum Gasteiger partial charge on any atom is -0.344 e. The zero-order valence-corrected chi connectivity index (χ0v) is 22.7. The first-order chi connectivity index (χ1) is 19.4. The van der Waals surface area contributed by atoms with Gasteiger partial charge in [0.2, 0.25) is 0 Å². The van der Waals surface area contributed by atoms with Crippen molar-refractivity contribution in [1.82, 2.24) is 34.7 Å². The number of rotatable bonds is 4. The maximum absolute atomic E-state index is 14.2. The summed E-state index contributed by atoms with van der Waals surface area (Å²) in [5, 5.41) is 18.2. The number of aryl methyl sites for hydroxylation is 2. The second kappa shape index (κ2) is 10.2. The van der Waals surface area contributed by atoms with E-state index in [1.54, 1.807) is 34.5 Å². The summed E-state index contributed by atoms with van der Waals surface area (Å²) < 4.78 is 3.21. The van der Waals surface area contributed by atoms with E-state index in [2.05, 4.69) is 37.4 Å². The molecule has 6 rings (SSSR count). The zero-order valence-electron chi connectivity index (χ0n) is 21.9. The predicted octanol–water partition coefficient (Wildman–Crippen LogP) is 4.39. The van der Waals surface area contributed by atoms with Gasteiger partial charge in [0.05, 0.1) is 17.1 Å². The van der Waals surface area contributed by atoms with Gasteiger partial charge in [-0.25, -0.2) is 9.50 Å². The molecule has 0 unspecified atom stereocenters. The molecule has 0 spiro atoms. The topological polar surface area (TPSA) is 107 Å². The molecule has 0 aliphatic carbocycles. The summed E-state index contributed by atoms with van der Waals surface area (Å²) in [5.74, 6) is 5.83. The van der Waals surface area contributed by atoms with E-state index < -0.39 is 6.04 Å². The van der Waals surface area contributed by atoms with Crippen LogP contribution in [0.3, 0.4) is 0 Å². The lowest BCUT2D eigenvalue weighted by atomic mass is 10.0. The van der Waals surface area contributed by atoms with E-state index in [0.717, 1.165) is 10.4 Å². The highest BCUT2D eigenvalue weighted by Crippen LogP contribution is 2.24. The lowest BCUT2D eigenvalue weighted by Crippen LogP contribution is -2.32. The van der Waals surface area contributed by atoms with Crippen LogP contribution in [0.25, 0.3) is 22.1 Å². The fraction of sp³-hybridized carbons (Fsp3) is 0.133. The number of nitrogens with zero attached hydrogens (tertiary/aromatic N) is 6. The second-order valence-corrected chi connectivity index (χ2v) is 10.4. The van der Waals surface area contributed by atoms with Gasteiger partial charge in [-0.05, 0) is 62.4 Å². The molecule has 0 bridgehead atoms. The van der Waals surface area contributed by atoms with Crippen LogP contribution in [0.4, 0.5) is 0 Å². The normalized spacial score (nSPS) is 11.8. The Morgan fingerprint density at radius 2 is 1.85 bits per heavy atom. The molecule has 10 heteroatoms. The highest BCUT2D eigenvalue weighted by atomic mass is 32.1. The number of amides is 1. The maximum atomic E-state index is 14.2. The van der Waals surface area contributed by atoms with Crippen LogP contribution in [-0.4, -0.2) is 35.3 Å². The van der Waals surface area contributed by atoms with Gasteiger partial charge in [-0.3, -0.25) is 14.2 Å². The Hall–Kier alpha value is -5.14. The van der Waals surface area contributed by atoms with Gasteiger partial charge in [0, 0.05) is 29.3 Å². The van der Waals surface area contributed by atoms with Crippen LogP contribution < -0.4 is 10.9 Å². The van der Waals surface area contributed by atoms with E-state index in [1.165, 1.54) is 11.3 Å². The number of aromatic nitrogens is 6. The van der Waals surface area contributed by atoms with Crippen molar-refractivity contribution in [3.63, 3.8) is 0 Å². The molecule has 1 N–H and O–H groups in total. The smallest absolute Gasteiger partial charge is 0.264 e. The molecule has 196 valence electrons. The van der Waals surface area contributed by atoms with E-state index in [0.29, 0.717) is 44.2 Å². The third kappa shape index (κ3) is 4.52. The number of nitrogens with one attached hydrogen (secondary N) is 1. The van der Waals surface area contributed by atoms with E-state index in [9.17, 15) is 9.59 Å². The van der Waals surface area contributed by atoms with E-state index in [-0.39, 0.29) is 11.5 Å². The number of para-hydroxylation sites is 1. The third-order valence-corrected chi connectivity index (χ3v) is 7.26. The highest BCUT2D eigenvalue weighted by molar-refractivity contribution is 7.11. The van der Waals surface area contributed by atoms with E-state index >= 15 is 0 Å². The van der Waals surface area contributed by atoms with Gasteiger partial charge >= 0.3 is 0 Å². The van der Waals surface area contributed by atoms with Crippen molar-refractivity contribution in [3.05, 3.63) is 116 Å². The molecule has 0 saturated carbocycles. The van der Waals surface area contributed by atoms with Crippen LogP contribution in [0.15, 0.2) is 77.9 Å². The summed E-state index contributed by atoms with van der Waals surface area (Å²) >= 11 is 1.40. The molecule has 40 heavy (non-hydrogen) atoms. The van der Waals surface area contributed by atoms with Crippen molar-refractivity contribution in [1.29, 1.82) is 0 Å². The Kier molecular flexibility index (Phi) is 6.42. The Morgan fingerprint density at radius 1 is 1.02 bits per heavy atom. The number of fused-ring (bicyclic) bond motifs is 2. The lowest BCUT2D eigenvalue weighted by Gasteiger charge is -2.21. The number of benzene rings is 2. The summed E-state index contributed by atoms with van der Waals surface area (Å²) in [6.45, 7) is 5.50. The first-order valence-corrected chi connectivity index (χ1v) is 13.4. The molecule has 0 saturated heterocycles. The molecular weight excluding hydrogens is 522 g/mol. The fourth-order valence-corrected chi connectivity index (χ4v) is 5.27. The number of carbonyl (C=O) groups excluding carboxylic acids is 1. The van der Waals surface area contributed by atoms with E-state index in [1.807, 2.05) is 68.4 Å². The number of pyridine rings is 1. The summed E-state index contributed by atoms with van der Waals surface area (Å²) in [6, 6.07) is 18.1. The Bertz CT molecular complexity index is 2030. The summed E-state index contributed by atoms with van der Waals surface area (Å²) in [4.78, 5) is 32.0. The van der Waals surface area contributed by atoms with Gasteiger partial charge in [-0.2, -0.15) is 5.10 Å². The van der Waals surface area contributed by atoms with Gasteiger partial charge in [0.25, 0.3) is 11.5 Å². The monoisotopic (exact) mass is 545 g/mol. The Morgan fingerprint density at radius 3 is 2.62 bits per heavy atom. The average Bonchev–Trinajstić information content (AvgIpc) is 3.53. The van der Waals surface area contributed by atoms with Gasteiger partial charge < -0.3 is 5.32 Å². The summed E-state index contributed by atoms with van der Waals surface area (Å²) in [7, 11) is 0. The lowest BCUT2D eigenvalue weighted by molar-refractivity contribution is 0.0939. The molecule has 6 aromatic rings. The molecule has 0 fully saturated rings. The van der Waals surface area contributed by atoms with Crippen molar-refractivity contribution in [2.75, 3.05) is 0 Å². The first kappa shape index (κ1) is 25.2. The molecular formula is C30H23N7O2S. The van der Waals surface area contributed by atoms with Crippen LogP contribution >= 0.6 is 11.3 Å². The quantitative estimate of drug-likeness (QED) is 0.329. The van der Waals surface area contributed by atoms with Crippen molar-refractivity contribution < 1.29 is 4.79 Å². The van der Waals surface area contributed by atoms with Gasteiger partial charge in [0.1, 0.15) is 10.6 Å². The zero-order chi connectivity index (χ0) is 27.8. The van der Waals surface area contributed by atoms with Crippen LogP contribution in [-0.2, 0) is 0 Å². The summed E-state index contributed by atoms with van der Waals surface area (Å²) in [5.41, 5.74) is 3.11. The number of hydrogen-bond acceptors (Lipinski definition) is 7. The molecule has 4 heterocycles. The van der Waals surface area contributed by atoms with E-state index in [4.69, 9.17) is 0 Å². The SMILES string of the molecule is Cc1nnc(C#Cc2cccc3cc([C@@H](C)NC(=O)c4c(C)nn5cccnc45)n(-c4ccccc4)c(=O)c23)s1. The Labute approximate surface area is 233 Å². The molecule has 4 aromatic heterocycles. The fourth-order valence-electron chi connectivity index (χ4n) is 4.72. The van der Waals surface area contributed by atoms with Gasteiger partial charge in [0.15, 0.2) is 10.7 Å². The van der Waals surface area contributed by atoms with Crippen molar-refractivity contribution in [2.45, 2.75) is 26.8 Å². The molecule has 2 aromatic carbocycles. The maximum Gasteiger partial charge on any atom is 0.264 e. The first-order valence-electron chi connectivity index (χ1n) is 12.6.